The SMILES string of the molecule is O=C1CNC(c2cccc([N+](=O)[O-])c2)N1O. The van der Waals surface area contributed by atoms with Gasteiger partial charge in [0, 0.05) is 12.1 Å². The summed E-state index contributed by atoms with van der Waals surface area (Å²) in [6.45, 7) is 0.0177. The molecule has 1 aliphatic heterocycles. The third-order valence-electron chi connectivity index (χ3n) is 2.34. The molecule has 1 unspecified atom stereocenters. The van der Waals surface area contributed by atoms with Crippen LogP contribution in [0.5, 0.6) is 0 Å². The number of nitrogens with one attached hydrogen (secondary N) is 1. The largest absolute Gasteiger partial charge is 0.284 e. The van der Waals surface area contributed by atoms with E-state index in [9.17, 15) is 20.1 Å². The van der Waals surface area contributed by atoms with Crippen LogP contribution in [-0.4, -0.2) is 27.6 Å². The fourth-order valence-corrected chi connectivity index (χ4v) is 1.56. The first-order valence-corrected chi connectivity index (χ1v) is 4.58. The zero-order chi connectivity index (χ0) is 11.7. The number of benzene rings is 1. The molecule has 2 rings (SSSR count). The van der Waals surface area contributed by atoms with Crippen molar-refractivity contribution in [2.75, 3.05) is 6.54 Å². The molecule has 0 radical (unpaired) electrons. The van der Waals surface area contributed by atoms with Gasteiger partial charge in [0.15, 0.2) is 0 Å². The van der Waals surface area contributed by atoms with Crippen LogP contribution in [0, 0.1) is 10.1 Å². The van der Waals surface area contributed by atoms with Gasteiger partial charge in [-0.05, 0) is 5.56 Å². The molecular formula is C9H9N3O4. The van der Waals surface area contributed by atoms with E-state index in [1.807, 2.05) is 0 Å². The Kier molecular flexibility index (Phi) is 2.55. The number of nitro groups is 1. The second-order valence-corrected chi connectivity index (χ2v) is 3.37. The molecule has 1 heterocycles. The molecule has 1 aromatic rings. The molecule has 0 aliphatic carbocycles. The van der Waals surface area contributed by atoms with E-state index in [1.54, 1.807) is 6.07 Å². The summed E-state index contributed by atoms with van der Waals surface area (Å²) in [5, 5.41) is 23.2. The summed E-state index contributed by atoms with van der Waals surface area (Å²) in [5.74, 6) is -0.462. The lowest BCUT2D eigenvalue weighted by Gasteiger charge is -2.17. The molecule has 0 saturated carbocycles. The molecule has 1 fully saturated rings. The number of nitrogens with zero attached hydrogens (tertiary/aromatic N) is 2. The maximum absolute atomic E-state index is 11.1. The molecule has 16 heavy (non-hydrogen) atoms. The lowest BCUT2D eigenvalue weighted by molar-refractivity contribution is -0.385. The number of carbonyl (C=O) groups is 1. The van der Waals surface area contributed by atoms with Gasteiger partial charge in [-0.15, -0.1) is 0 Å². The van der Waals surface area contributed by atoms with E-state index in [-0.39, 0.29) is 12.2 Å². The summed E-state index contributed by atoms with van der Waals surface area (Å²) in [4.78, 5) is 21.1. The molecular weight excluding hydrogens is 214 g/mol. The molecule has 7 nitrogen and oxygen atoms in total. The number of hydrogen-bond donors (Lipinski definition) is 2. The summed E-state index contributed by atoms with van der Waals surface area (Å²) in [7, 11) is 0. The van der Waals surface area contributed by atoms with Crippen LogP contribution in [0.2, 0.25) is 0 Å². The van der Waals surface area contributed by atoms with Crippen LogP contribution in [0.3, 0.4) is 0 Å². The lowest BCUT2D eigenvalue weighted by Crippen LogP contribution is -2.26. The summed E-state index contributed by atoms with van der Waals surface area (Å²) in [6, 6.07) is 5.78. The Hall–Kier alpha value is -1.99. The van der Waals surface area contributed by atoms with E-state index < -0.39 is 17.0 Å². The zero-order valence-corrected chi connectivity index (χ0v) is 8.16. The highest BCUT2D eigenvalue weighted by molar-refractivity contribution is 5.79. The third-order valence-corrected chi connectivity index (χ3v) is 2.34. The van der Waals surface area contributed by atoms with Gasteiger partial charge in [0.2, 0.25) is 0 Å². The van der Waals surface area contributed by atoms with Crippen molar-refractivity contribution >= 4 is 11.6 Å². The van der Waals surface area contributed by atoms with Gasteiger partial charge < -0.3 is 0 Å². The van der Waals surface area contributed by atoms with E-state index in [0.717, 1.165) is 0 Å². The van der Waals surface area contributed by atoms with Crippen LogP contribution in [0.25, 0.3) is 0 Å². The summed E-state index contributed by atoms with van der Waals surface area (Å²) in [6.07, 6.45) is -0.715. The summed E-state index contributed by atoms with van der Waals surface area (Å²) in [5.41, 5.74) is 0.398. The number of non-ortho nitro benzene ring substituents is 1. The average Bonchev–Trinajstić information content (AvgIpc) is 2.60. The number of rotatable bonds is 2. The highest BCUT2D eigenvalue weighted by Crippen LogP contribution is 2.23. The van der Waals surface area contributed by atoms with Gasteiger partial charge in [0.25, 0.3) is 11.6 Å². The van der Waals surface area contributed by atoms with Gasteiger partial charge >= 0.3 is 0 Å². The molecule has 2 N–H and O–H groups in total. The number of nitro benzene ring substituents is 1. The van der Waals surface area contributed by atoms with Crippen molar-refractivity contribution in [3.63, 3.8) is 0 Å². The van der Waals surface area contributed by atoms with Crippen LogP contribution in [0.15, 0.2) is 24.3 Å². The average molecular weight is 223 g/mol. The van der Waals surface area contributed by atoms with Crippen molar-refractivity contribution in [3.05, 3.63) is 39.9 Å². The molecule has 1 aromatic carbocycles. The van der Waals surface area contributed by atoms with Crippen molar-refractivity contribution in [2.24, 2.45) is 0 Å². The van der Waals surface area contributed by atoms with E-state index in [4.69, 9.17) is 0 Å². The first-order chi connectivity index (χ1) is 7.59. The normalized spacial score (nSPS) is 20.2. The van der Waals surface area contributed by atoms with E-state index in [2.05, 4.69) is 5.32 Å². The quantitative estimate of drug-likeness (QED) is 0.430. The Balaban J connectivity index is 2.31. The topological polar surface area (TPSA) is 95.7 Å². The Morgan fingerprint density at radius 1 is 1.56 bits per heavy atom. The standard InChI is InChI=1S/C9H9N3O4/c13-8-5-10-9(11(8)14)6-2-1-3-7(4-6)12(15)16/h1-4,9-10,14H,5H2. The first kappa shape index (κ1) is 10.5. The molecule has 1 saturated heterocycles. The van der Waals surface area contributed by atoms with E-state index >= 15 is 0 Å². The minimum Gasteiger partial charge on any atom is -0.284 e. The number of hydrogen-bond acceptors (Lipinski definition) is 5. The van der Waals surface area contributed by atoms with Gasteiger partial charge in [-0.1, -0.05) is 12.1 Å². The second kappa shape index (κ2) is 3.87. The van der Waals surface area contributed by atoms with Gasteiger partial charge in [-0.3, -0.25) is 25.4 Å². The van der Waals surface area contributed by atoms with Crippen LogP contribution < -0.4 is 5.32 Å². The van der Waals surface area contributed by atoms with E-state index in [1.165, 1.54) is 18.2 Å². The van der Waals surface area contributed by atoms with E-state index in [0.29, 0.717) is 10.6 Å². The predicted molar refractivity (Wildman–Crippen MR) is 52.5 cm³/mol. The van der Waals surface area contributed by atoms with Gasteiger partial charge in [-0.2, -0.15) is 0 Å². The minimum absolute atomic E-state index is 0.0177. The Bertz CT molecular complexity index is 448. The molecule has 0 aromatic heterocycles. The molecule has 84 valence electrons. The molecule has 1 amide bonds. The second-order valence-electron chi connectivity index (χ2n) is 3.37. The van der Waals surface area contributed by atoms with Crippen molar-refractivity contribution in [3.8, 4) is 0 Å². The zero-order valence-electron chi connectivity index (χ0n) is 8.16. The third kappa shape index (κ3) is 1.73. The van der Waals surface area contributed by atoms with Crippen molar-refractivity contribution in [1.29, 1.82) is 0 Å². The maximum Gasteiger partial charge on any atom is 0.269 e. The summed E-state index contributed by atoms with van der Waals surface area (Å²) >= 11 is 0. The molecule has 0 bridgehead atoms. The smallest absolute Gasteiger partial charge is 0.269 e. The van der Waals surface area contributed by atoms with Gasteiger partial charge in [-0.25, -0.2) is 5.06 Å². The molecule has 0 spiro atoms. The summed E-state index contributed by atoms with van der Waals surface area (Å²) < 4.78 is 0. The predicted octanol–water partition coefficient (Wildman–Crippen LogP) is 0.414. The Morgan fingerprint density at radius 2 is 2.31 bits per heavy atom. The van der Waals surface area contributed by atoms with Crippen molar-refractivity contribution in [2.45, 2.75) is 6.17 Å². The fraction of sp³-hybridized carbons (Fsp3) is 0.222. The van der Waals surface area contributed by atoms with Crippen LogP contribution in [0.4, 0.5) is 5.69 Å². The van der Waals surface area contributed by atoms with Gasteiger partial charge in [0.1, 0.15) is 6.17 Å². The Morgan fingerprint density at radius 3 is 2.88 bits per heavy atom. The molecule has 1 aliphatic rings. The van der Waals surface area contributed by atoms with Crippen LogP contribution in [0.1, 0.15) is 11.7 Å². The lowest BCUT2D eigenvalue weighted by atomic mass is 10.1. The number of amides is 1. The Labute approximate surface area is 90.4 Å². The van der Waals surface area contributed by atoms with Crippen LogP contribution in [-0.2, 0) is 4.79 Å². The van der Waals surface area contributed by atoms with Crippen molar-refractivity contribution in [1.82, 2.24) is 10.4 Å². The highest BCUT2D eigenvalue weighted by Gasteiger charge is 2.31. The van der Waals surface area contributed by atoms with Gasteiger partial charge in [0.05, 0.1) is 11.5 Å². The number of carbonyl (C=O) groups excluding carboxylic acids is 1. The minimum atomic E-state index is -0.715. The maximum atomic E-state index is 11.1. The first-order valence-electron chi connectivity index (χ1n) is 4.58. The monoisotopic (exact) mass is 223 g/mol. The molecule has 1 atom stereocenters. The molecule has 7 heteroatoms. The highest BCUT2D eigenvalue weighted by atomic mass is 16.6. The fourth-order valence-electron chi connectivity index (χ4n) is 1.56. The van der Waals surface area contributed by atoms with Crippen LogP contribution >= 0.6 is 0 Å². The van der Waals surface area contributed by atoms with Crippen molar-refractivity contribution < 1.29 is 14.9 Å². The number of hydroxylamine groups is 2.